The number of primary amides is 1. The standard InChI is InChI=1S/C18H20N2O3S/c1-3-5-13(6-4-2)23-14-9-7-12(8-10-14)11-15-16(21)19-18(24)20-17(15)22/h3,5-10,15H,4,11H2,1-2H3,(H2,19,20,21,22,24)/p+2. The molecule has 1 aliphatic heterocycles. The number of nitrogens with two attached hydrogens (primary N) is 1. The number of ether oxygens (including phenoxy) is 1. The Labute approximate surface area is 146 Å². The molecule has 0 bridgehead atoms. The summed E-state index contributed by atoms with van der Waals surface area (Å²) in [5, 5.41) is 1.65. The van der Waals surface area contributed by atoms with Gasteiger partial charge in [0.15, 0.2) is 0 Å². The van der Waals surface area contributed by atoms with Gasteiger partial charge in [0.05, 0.1) is 0 Å². The van der Waals surface area contributed by atoms with E-state index >= 15 is 0 Å². The van der Waals surface area contributed by atoms with Gasteiger partial charge in [0.25, 0.3) is 0 Å². The lowest BCUT2D eigenvalue weighted by Crippen LogP contribution is -3.07. The number of quaternary nitrogens is 1. The normalized spacial score (nSPS) is 18.9. The van der Waals surface area contributed by atoms with Crippen LogP contribution in [0.4, 0.5) is 0 Å². The van der Waals surface area contributed by atoms with E-state index in [1.165, 1.54) is 5.32 Å². The maximum atomic E-state index is 11.9. The molecule has 1 atom stereocenters. The fourth-order valence-corrected chi connectivity index (χ4v) is 2.62. The van der Waals surface area contributed by atoms with Crippen molar-refractivity contribution in [3.05, 3.63) is 53.8 Å². The molecule has 1 heterocycles. The SMILES string of the molecule is CC=CC(=CCC)Oc1ccc(CC2C(=O)[NH+]=C(S)[NH2+]C2=O)cc1. The first-order valence-electron chi connectivity index (χ1n) is 7.88. The lowest BCUT2D eigenvalue weighted by atomic mass is 9.97. The van der Waals surface area contributed by atoms with Gasteiger partial charge in [-0.15, -0.1) is 4.99 Å². The molecule has 1 aromatic rings. The first kappa shape index (κ1) is 18.2. The smallest absolute Gasteiger partial charge is 0.408 e. The molecule has 0 spiro atoms. The van der Waals surface area contributed by atoms with Gasteiger partial charge in [-0.2, -0.15) is 5.32 Å². The van der Waals surface area contributed by atoms with Gasteiger partial charge in [-0.1, -0.05) is 25.1 Å². The molecule has 0 fully saturated rings. The number of nitrogens with one attached hydrogen (secondary N) is 1. The van der Waals surface area contributed by atoms with Crippen molar-refractivity contribution in [1.29, 1.82) is 0 Å². The van der Waals surface area contributed by atoms with Crippen molar-refractivity contribution in [2.75, 3.05) is 0 Å². The Morgan fingerprint density at radius 1 is 1.33 bits per heavy atom. The van der Waals surface area contributed by atoms with Gasteiger partial charge in [-0.05, 0) is 55.8 Å². The van der Waals surface area contributed by atoms with Crippen molar-refractivity contribution in [3.8, 4) is 5.75 Å². The van der Waals surface area contributed by atoms with Crippen LogP contribution in [0.3, 0.4) is 0 Å². The molecule has 6 heteroatoms. The topological polar surface area (TPSA) is 74.0 Å². The second-order valence-electron chi connectivity index (χ2n) is 5.44. The van der Waals surface area contributed by atoms with Gasteiger partial charge < -0.3 is 4.74 Å². The van der Waals surface area contributed by atoms with E-state index < -0.39 is 5.92 Å². The summed E-state index contributed by atoms with van der Waals surface area (Å²) in [6.07, 6.45) is 7.07. The van der Waals surface area contributed by atoms with Gasteiger partial charge in [0, 0.05) is 6.42 Å². The second-order valence-corrected chi connectivity index (χ2v) is 5.92. The second kappa shape index (κ2) is 8.61. The molecule has 0 saturated carbocycles. The Hall–Kier alpha value is -2.18. The zero-order valence-corrected chi connectivity index (χ0v) is 14.7. The molecule has 0 radical (unpaired) electrons. The Balaban J connectivity index is 2.06. The summed E-state index contributed by atoms with van der Waals surface area (Å²) in [4.78, 5) is 26.4. The lowest BCUT2D eigenvalue weighted by molar-refractivity contribution is -0.534. The van der Waals surface area contributed by atoms with Crippen molar-refractivity contribution in [2.24, 2.45) is 5.92 Å². The number of hydrogen-bond acceptors (Lipinski definition) is 3. The summed E-state index contributed by atoms with van der Waals surface area (Å²) in [5.41, 5.74) is 0.902. The average Bonchev–Trinajstić information content (AvgIpc) is 2.53. The molecule has 126 valence electrons. The molecule has 0 aliphatic carbocycles. The van der Waals surface area contributed by atoms with E-state index in [0.717, 1.165) is 17.7 Å². The van der Waals surface area contributed by atoms with E-state index in [4.69, 9.17) is 4.74 Å². The number of amidine groups is 1. The van der Waals surface area contributed by atoms with E-state index in [0.29, 0.717) is 17.3 Å². The Morgan fingerprint density at radius 3 is 2.62 bits per heavy atom. The number of hydrogen-bond donors (Lipinski definition) is 3. The summed E-state index contributed by atoms with van der Waals surface area (Å²) < 4.78 is 5.81. The number of benzene rings is 1. The number of amides is 2. The highest BCUT2D eigenvalue weighted by Crippen LogP contribution is 2.18. The molecule has 3 N–H and O–H groups in total. The van der Waals surface area contributed by atoms with Crippen LogP contribution in [0.2, 0.25) is 0 Å². The molecule has 5 nitrogen and oxygen atoms in total. The number of rotatable bonds is 6. The Kier molecular flexibility index (Phi) is 6.52. The summed E-state index contributed by atoms with van der Waals surface area (Å²) in [6.45, 7) is 3.99. The zero-order valence-electron chi connectivity index (χ0n) is 13.8. The molecule has 0 saturated heterocycles. The van der Waals surface area contributed by atoms with Crippen LogP contribution in [0.25, 0.3) is 0 Å². The van der Waals surface area contributed by atoms with Crippen molar-refractivity contribution in [1.82, 2.24) is 0 Å². The molecular weight excluding hydrogens is 324 g/mol. The van der Waals surface area contributed by atoms with Crippen LogP contribution in [-0.4, -0.2) is 17.0 Å². The first-order chi connectivity index (χ1) is 11.5. The third-order valence-corrected chi connectivity index (χ3v) is 3.77. The number of carbonyl (C=O) groups excluding carboxylic acids is 2. The van der Waals surface area contributed by atoms with Gasteiger partial charge in [0.2, 0.25) is 5.92 Å². The van der Waals surface area contributed by atoms with Crippen molar-refractivity contribution >= 4 is 29.6 Å². The van der Waals surface area contributed by atoms with Crippen LogP contribution < -0.4 is 15.0 Å². The molecule has 2 amide bonds. The number of allylic oxidation sites excluding steroid dienone is 3. The zero-order chi connectivity index (χ0) is 17.5. The summed E-state index contributed by atoms with van der Waals surface area (Å²) in [7, 11) is 0. The molecule has 1 unspecified atom stereocenters. The van der Waals surface area contributed by atoms with Crippen LogP contribution >= 0.6 is 12.6 Å². The summed E-state index contributed by atoms with van der Waals surface area (Å²) in [6, 6.07) is 7.42. The molecule has 0 aromatic heterocycles. The summed E-state index contributed by atoms with van der Waals surface area (Å²) >= 11 is 4.01. The summed E-state index contributed by atoms with van der Waals surface area (Å²) in [5.74, 6) is 0.278. The highest BCUT2D eigenvalue weighted by Gasteiger charge is 2.40. The minimum atomic E-state index is -0.703. The average molecular weight is 346 g/mol. The van der Waals surface area contributed by atoms with E-state index in [1.54, 1.807) is 0 Å². The highest BCUT2D eigenvalue weighted by molar-refractivity contribution is 7.96. The molecule has 24 heavy (non-hydrogen) atoms. The molecule has 2 rings (SSSR count). The predicted molar refractivity (Wildman–Crippen MR) is 94.3 cm³/mol. The van der Waals surface area contributed by atoms with Crippen LogP contribution in [0, 0.1) is 5.92 Å². The monoisotopic (exact) mass is 346 g/mol. The lowest BCUT2D eigenvalue weighted by Gasteiger charge is -2.11. The number of carbonyl (C=O) groups is 2. The maximum Gasteiger partial charge on any atom is 0.408 e. The number of thiol groups is 1. The van der Waals surface area contributed by atoms with Crippen molar-refractivity contribution in [3.63, 3.8) is 0 Å². The Morgan fingerprint density at radius 2 is 2.04 bits per heavy atom. The molecule has 1 aliphatic rings. The van der Waals surface area contributed by atoms with Gasteiger partial charge in [0.1, 0.15) is 11.5 Å². The maximum absolute atomic E-state index is 11.9. The highest BCUT2D eigenvalue weighted by atomic mass is 32.1. The third-order valence-electron chi connectivity index (χ3n) is 3.53. The Bertz CT molecular complexity index is 705. The first-order valence-corrected chi connectivity index (χ1v) is 8.33. The molecule has 1 aromatic carbocycles. The minimum Gasteiger partial charge on any atom is -0.458 e. The van der Waals surface area contributed by atoms with Crippen LogP contribution in [0.15, 0.2) is 48.3 Å². The largest absolute Gasteiger partial charge is 0.458 e. The van der Waals surface area contributed by atoms with E-state index in [-0.39, 0.29) is 11.8 Å². The van der Waals surface area contributed by atoms with E-state index in [2.05, 4.69) is 17.6 Å². The van der Waals surface area contributed by atoms with E-state index in [9.17, 15) is 9.59 Å². The third kappa shape index (κ3) is 4.91. The fourth-order valence-electron chi connectivity index (χ4n) is 2.38. The van der Waals surface area contributed by atoms with Gasteiger partial charge in [-0.3, -0.25) is 0 Å². The van der Waals surface area contributed by atoms with Crippen molar-refractivity contribution in [2.45, 2.75) is 26.7 Å². The van der Waals surface area contributed by atoms with Crippen LogP contribution in [0.5, 0.6) is 5.75 Å². The van der Waals surface area contributed by atoms with Crippen LogP contribution in [-0.2, 0) is 16.0 Å². The predicted octanol–water partition coefficient (Wildman–Crippen LogP) is 0.0907. The van der Waals surface area contributed by atoms with Gasteiger partial charge in [-0.25, -0.2) is 9.59 Å². The molecular formula is C18H22N2O3S+2. The fraction of sp³-hybridized carbons (Fsp3) is 0.278. The quantitative estimate of drug-likeness (QED) is 0.296. The van der Waals surface area contributed by atoms with E-state index in [1.807, 2.05) is 56.3 Å². The van der Waals surface area contributed by atoms with Crippen LogP contribution in [0.1, 0.15) is 25.8 Å². The van der Waals surface area contributed by atoms with Crippen molar-refractivity contribution < 1.29 is 24.6 Å². The van der Waals surface area contributed by atoms with Gasteiger partial charge >= 0.3 is 17.0 Å². The minimum absolute atomic E-state index is 0.217.